The van der Waals surface area contributed by atoms with E-state index in [4.69, 9.17) is 9.26 Å². The quantitative estimate of drug-likeness (QED) is 0.761. The van der Waals surface area contributed by atoms with Gasteiger partial charge in [0.25, 0.3) is 5.88 Å². The molecule has 0 bridgehead atoms. The summed E-state index contributed by atoms with van der Waals surface area (Å²) in [6, 6.07) is 2.41. The van der Waals surface area contributed by atoms with Crippen LogP contribution in [0, 0.1) is 13.8 Å². The Kier molecular flexibility index (Phi) is 4.16. The van der Waals surface area contributed by atoms with Crippen molar-refractivity contribution >= 4 is 5.91 Å². The molecule has 0 aliphatic carbocycles. The van der Waals surface area contributed by atoms with Crippen LogP contribution in [0.1, 0.15) is 30.0 Å². The van der Waals surface area contributed by atoms with Gasteiger partial charge in [0.2, 0.25) is 5.91 Å². The van der Waals surface area contributed by atoms with Gasteiger partial charge in [-0.3, -0.25) is 9.69 Å². The fourth-order valence-electron chi connectivity index (χ4n) is 3.78. The van der Waals surface area contributed by atoms with E-state index in [1.54, 1.807) is 6.92 Å². The fourth-order valence-corrected chi connectivity index (χ4v) is 3.78. The van der Waals surface area contributed by atoms with Gasteiger partial charge < -0.3 is 14.2 Å². The number of rotatable bonds is 6. The highest BCUT2D eigenvalue weighted by atomic mass is 16.6. The van der Waals surface area contributed by atoms with Crippen molar-refractivity contribution in [1.29, 1.82) is 0 Å². The molecule has 2 aliphatic rings. The van der Waals surface area contributed by atoms with Gasteiger partial charge in [0.15, 0.2) is 5.76 Å². The van der Waals surface area contributed by atoms with E-state index in [9.17, 15) is 4.79 Å². The molecule has 2 aromatic heterocycles. The highest BCUT2D eigenvalue weighted by Crippen LogP contribution is 2.33. The molecule has 4 rings (SSSR count). The van der Waals surface area contributed by atoms with Gasteiger partial charge in [0.1, 0.15) is 12.3 Å². The Hall–Kier alpha value is -2.42. The minimum Gasteiger partial charge on any atom is -0.472 e. The van der Waals surface area contributed by atoms with Gasteiger partial charge in [-0.05, 0) is 25.4 Å². The smallest absolute Gasteiger partial charge is 0.278 e. The molecular formula is C16H21N5O4. The predicted molar refractivity (Wildman–Crippen MR) is 84.7 cm³/mol. The monoisotopic (exact) mass is 347 g/mol. The number of amides is 1. The Bertz CT molecular complexity index is 757. The molecular weight excluding hydrogens is 326 g/mol. The molecule has 0 radical (unpaired) electrons. The third kappa shape index (κ3) is 3.11. The van der Waals surface area contributed by atoms with E-state index < -0.39 is 0 Å². The fraction of sp³-hybridized carbons (Fsp3) is 0.625. The molecule has 2 atom stereocenters. The van der Waals surface area contributed by atoms with E-state index in [-0.39, 0.29) is 18.0 Å². The summed E-state index contributed by atoms with van der Waals surface area (Å²) in [6.07, 6.45) is 1.51. The Balaban J connectivity index is 1.34. The van der Waals surface area contributed by atoms with Gasteiger partial charge in [-0.15, -0.1) is 0 Å². The lowest BCUT2D eigenvalue weighted by molar-refractivity contribution is -0.129. The molecule has 0 N–H and O–H groups in total. The zero-order valence-corrected chi connectivity index (χ0v) is 14.3. The molecule has 2 aromatic rings. The number of carbonyl (C=O) groups excluding carboxylic acids is 1. The average Bonchev–Trinajstić information content (AvgIpc) is 3.32. The van der Waals surface area contributed by atoms with E-state index in [1.807, 2.05) is 17.9 Å². The van der Waals surface area contributed by atoms with Crippen molar-refractivity contribution in [3.8, 4) is 5.88 Å². The number of nitrogens with zero attached hydrogens (tertiary/aromatic N) is 5. The Morgan fingerprint density at radius 2 is 2.16 bits per heavy atom. The maximum Gasteiger partial charge on any atom is 0.278 e. The number of ether oxygens (including phenoxy) is 1. The Morgan fingerprint density at radius 1 is 1.28 bits per heavy atom. The van der Waals surface area contributed by atoms with Crippen molar-refractivity contribution < 1.29 is 18.7 Å². The molecule has 0 spiro atoms. The highest BCUT2D eigenvalue weighted by molar-refractivity contribution is 5.80. The van der Waals surface area contributed by atoms with Gasteiger partial charge >= 0.3 is 0 Å². The molecule has 25 heavy (non-hydrogen) atoms. The average molecular weight is 347 g/mol. The third-order valence-electron chi connectivity index (χ3n) is 4.95. The van der Waals surface area contributed by atoms with Crippen molar-refractivity contribution in [3.63, 3.8) is 0 Å². The van der Waals surface area contributed by atoms with Crippen molar-refractivity contribution in [2.75, 3.05) is 19.7 Å². The molecule has 9 heteroatoms. The second-order valence-corrected chi connectivity index (χ2v) is 6.62. The van der Waals surface area contributed by atoms with E-state index in [0.717, 1.165) is 24.4 Å². The SMILES string of the molecule is Cc1cc(CN2CC[C@H]3[C@@H]2CC(=O)N3CCOc2nonc2C)on1. The van der Waals surface area contributed by atoms with E-state index in [1.165, 1.54) is 0 Å². The zero-order chi connectivity index (χ0) is 17.4. The highest BCUT2D eigenvalue weighted by Gasteiger charge is 2.46. The number of aromatic nitrogens is 3. The number of carbonyl (C=O) groups is 1. The standard InChI is InChI=1S/C16H21N5O4/c1-10-7-12(24-17-10)9-20-4-3-13-14(20)8-15(22)21(13)5-6-23-16-11(2)18-25-19-16/h7,13-14H,3-6,8-9H2,1-2H3/t13-,14-/m0/s1. The lowest BCUT2D eigenvalue weighted by Gasteiger charge is -2.24. The topological polar surface area (TPSA) is 97.7 Å². The molecule has 0 unspecified atom stereocenters. The molecule has 0 aromatic carbocycles. The lowest BCUT2D eigenvalue weighted by Crippen LogP contribution is -2.39. The number of hydrogen-bond acceptors (Lipinski definition) is 8. The molecule has 0 saturated carbocycles. The number of aryl methyl sites for hydroxylation is 2. The first-order chi connectivity index (χ1) is 12.1. The summed E-state index contributed by atoms with van der Waals surface area (Å²) in [5, 5.41) is 11.3. The molecule has 9 nitrogen and oxygen atoms in total. The van der Waals surface area contributed by atoms with Gasteiger partial charge in [-0.1, -0.05) is 10.3 Å². The Labute approximate surface area is 144 Å². The van der Waals surface area contributed by atoms with Crippen LogP contribution in [0.5, 0.6) is 5.88 Å². The summed E-state index contributed by atoms with van der Waals surface area (Å²) in [6.45, 7) is 6.25. The summed E-state index contributed by atoms with van der Waals surface area (Å²) in [5.74, 6) is 1.41. The molecule has 2 aliphatic heterocycles. The minimum absolute atomic E-state index is 0.173. The van der Waals surface area contributed by atoms with E-state index >= 15 is 0 Å². The molecule has 4 heterocycles. The van der Waals surface area contributed by atoms with Gasteiger partial charge in [0.05, 0.1) is 18.8 Å². The summed E-state index contributed by atoms with van der Waals surface area (Å²) in [5.41, 5.74) is 1.49. The summed E-state index contributed by atoms with van der Waals surface area (Å²) in [4.78, 5) is 16.7. The first-order valence-electron chi connectivity index (χ1n) is 8.49. The number of fused-ring (bicyclic) bond motifs is 1. The van der Waals surface area contributed by atoms with Crippen molar-refractivity contribution in [2.45, 2.75) is 45.3 Å². The first kappa shape index (κ1) is 16.1. The number of hydrogen-bond donors (Lipinski definition) is 0. The molecule has 1 amide bonds. The van der Waals surface area contributed by atoms with Crippen LogP contribution in [0.15, 0.2) is 15.2 Å². The van der Waals surface area contributed by atoms with Crippen LogP contribution in [0.25, 0.3) is 0 Å². The van der Waals surface area contributed by atoms with Crippen LogP contribution < -0.4 is 4.74 Å². The van der Waals surface area contributed by atoms with Crippen LogP contribution >= 0.6 is 0 Å². The first-order valence-corrected chi connectivity index (χ1v) is 8.49. The predicted octanol–water partition coefficient (Wildman–Crippen LogP) is 0.929. The summed E-state index contributed by atoms with van der Waals surface area (Å²) >= 11 is 0. The van der Waals surface area contributed by atoms with Gasteiger partial charge in [-0.2, -0.15) is 0 Å². The number of likely N-dealkylation sites (tertiary alicyclic amines) is 2. The van der Waals surface area contributed by atoms with Gasteiger partial charge in [0, 0.05) is 31.1 Å². The maximum absolute atomic E-state index is 12.4. The van der Waals surface area contributed by atoms with E-state index in [0.29, 0.717) is 37.7 Å². The largest absolute Gasteiger partial charge is 0.472 e. The summed E-state index contributed by atoms with van der Waals surface area (Å²) in [7, 11) is 0. The van der Waals surface area contributed by atoms with Crippen LogP contribution in [0.4, 0.5) is 0 Å². The Morgan fingerprint density at radius 3 is 2.88 bits per heavy atom. The zero-order valence-electron chi connectivity index (χ0n) is 14.3. The van der Waals surface area contributed by atoms with Crippen molar-refractivity contribution in [3.05, 3.63) is 23.2 Å². The normalized spacial score (nSPS) is 23.4. The van der Waals surface area contributed by atoms with Crippen molar-refractivity contribution in [1.82, 2.24) is 25.3 Å². The third-order valence-corrected chi connectivity index (χ3v) is 4.95. The van der Waals surface area contributed by atoms with Crippen molar-refractivity contribution in [2.24, 2.45) is 0 Å². The van der Waals surface area contributed by atoms with Gasteiger partial charge in [-0.25, -0.2) is 4.63 Å². The van der Waals surface area contributed by atoms with Crippen LogP contribution in [0.3, 0.4) is 0 Å². The van der Waals surface area contributed by atoms with Crippen LogP contribution in [-0.4, -0.2) is 63.0 Å². The maximum atomic E-state index is 12.4. The van der Waals surface area contributed by atoms with Crippen LogP contribution in [-0.2, 0) is 11.3 Å². The molecule has 134 valence electrons. The lowest BCUT2D eigenvalue weighted by atomic mass is 10.1. The summed E-state index contributed by atoms with van der Waals surface area (Å²) < 4.78 is 15.5. The second kappa shape index (κ2) is 6.47. The minimum atomic E-state index is 0.173. The van der Waals surface area contributed by atoms with E-state index in [2.05, 4.69) is 25.0 Å². The molecule has 2 saturated heterocycles. The second-order valence-electron chi connectivity index (χ2n) is 6.62. The van der Waals surface area contributed by atoms with Crippen LogP contribution in [0.2, 0.25) is 0 Å². The molecule has 2 fully saturated rings.